The highest BCUT2D eigenvalue weighted by Gasteiger charge is 2.33. The van der Waals surface area contributed by atoms with Crippen molar-refractivity contribution in [1.82, 2.24) is 15.1 Å². The summed E-state index contributed by atoms with van der Waals surface area (Å²) in [5.74, 6) is -0.0751. The number of rotatable bonds is 5. The number of carbonyl (C=O) groups excluding carboxylic acids is 1. The Balaban J connectivity index is 1.89. The third kappa shape index (κ3) is 4.55. The van der Waals surface area contributed by atoms with E-state index in [-0.39, 0.29) is 18.0 Å². The summed E-state index contributed by atoms with van der Waals surface area (Å²) in [6, 6.07) is 12.4. The zero-order valence-corrected chi connectivity index (χ0v) is 13.4. The summed E-state index contributed by atoms with van der Waals surface area (Å²) in [6.07, 6.45) is 0. The molecule has 0 aliphatic carbocycles. The van der Waals surface area contributed by atoms with Gasteiger partial charge in [-0.05, 0) is 19.4 Å². The second-order valence-electron chi connectivity index (χ2n) is 6.37. The summed E-state index contributed by atoms with van der Waals surface area (Å²) >= 11 is 0. The Morgan fingerprint density at radius 2 is 2.05 bits per heavy atom. The maximum absolute atomic E-state index is 11.7. The fraction of sp³-hybridized carbons (Fsp3) is 0.529. The van der Waals surface area contributed by atoms with Crippen LogP contribution in [-0.4, -0.2) is 54.0 Å². The summed E-state index contributed by atoms with van der Waals surface area (Å²) in [5, 5.41) is 11.1. The van der Waals surface area contributed by atoms with Crippen LogP contribution >= 0.6 is 0 Å². The van der Waals surface area contributed by atoms with Crippen LogP contribution in [0.4, 0.5) is 0 Å². The number of piperazine rings is 1. The Morgan fingerprint density at radius 3 is 2.68 bits per heavy atom. The van der Waals surface area contributed by atoms with Crippen molar-refractivity contribution in [3.05, 3.63) is 35.9 Å². The van der Waals surface area contributed by atoms with E-state index >= 15 is 0 Å². The first-order chi connectivity index (χ1) is 10.5. The van der Waals surface area contributed by atoms with Crippen LogP contribution in [0.1, 0.15) is 19.4 Å². The van der Waals surface area contributed by atoms with Crippen molar-refractivity contribution in [2.45, 2.75) is 25.9 Å². The van der Waals surface area contributed by atoms with Gasteiger partial charge in [-0.2, -0.15) is 5.26 Å². The highest BCUT2D eigenvalue weighted by Crippen LogP contribution is 2.23. The minimum atomic E-state index is -0.0751. The summed E-state index contributed by atoms with van der Waals surface area (Å²) in [4.78, 5) is 16.4. The van der Waals surface area contributed by atoms with Gasteiger partial charge in [-0.3, -0.25) is 14.6 Å². The maximum Gasteiger partial charge on any atom is 0.235 e. The molecule has 0 aromatic heterocycles. The molecule has 0 bridgehead atoms. The molecule has 1 aliphatic heterocycles. The molecular weight excluding hydrogens is 276 g/mol. The monoisotopic (exact) mass is 300 g/mol. The van der Waals surface area contributed by atoms with Gasteiger partial charge >= 0.3 is 0 Å². The zero-order chi connectivity index (χ0) is 16.0. The third-order valence-corrected chi connectivity index (χ3v) is 4.10. The number of hydrogen-bond acceptors (Lipinski definition) is 4. The SMILES string of the molecule is CC1(C)CN(CC(=O)NCC#N)CCN1Cc1ccccc1. The molecule has 1 aromatic carbocycles. The van der Waals surface area contributed by atoms with Crippen LogP contribution in [0.3, 0.4) is 0 Å². The van der Waals surface area contributed by atoms with E-state index < -0.39 is 0 Å². The van der Waals surface area contributed by atoms with Gasteiger partial charge < -0.3 is 5.32 Å². The lowest BCUT2D eigenvalue weighted by molar-refractivity contribution is -0.123. The van der Waals surface area contributed by atoms with Gasteiger partial charge in [0.25, 0.3) is 0 Å². The van der Waals surface area contributed by atoms with Crippen molar-refractivity contribution in [1.29, 1.82) is 5.26 Å². The molecule has 22 heavy (non-hydrogen) atoms. The molecule has 5 heteroatoms. The Morgan fingerprint density at radius 1 is 1.32 bits per heavy atom. The summed E-state index contributed by atoms with van der Waals surface area (Å²) < 4.78 is 0. The van der Waals surface area contributed by atoms with Crippen molar-refractivity contribution < 1.29 is 4.79 Å². The van der Waals surface area contributed by atoms with Crippen molar-refractivity contribution in [2.24, 2.45) is 0 Å². The topological polar surface area (TPSA) is 59.4 Å². The van der Waals surface area contributed by atoms with Gasteiger partial charge in [0.15, 0.2) is 0 Å². The van der Waals surface area contributed by atoms with Gasteiger partial charge in [-0.25, -0.2) is 0 Å². The van der Waals surface area contributed by atoms with E-state index in [4.69, 9.17) is 5.26 Å². The molecule has 5 nitrogen and oxygen atoms in total. The Kier molecular flexibility index (Phi) is 5.53. The van der Waals surface area contributed by atoms with Crippen LogP contribution in [0, 0.1) is 11.3 Å². The van der Waals surface area contributed by atoms with Gasteiger partial charge in [0.2, 0.25) is 5.91 Å². The van der Waals surface area contributed by atoms with Crippen LogP contribution in [0.25, 0.3) is 0 Å². The van der Waals surface area contributed by atoms with E-state index in [0.29, 0.717) is 6.54 Å². The molecule has 1 aromatic rings. The minimum absolute atomic E-state index is 0.0175. The third-order valence-electron chi connectivity index (χ3n) is 4.10. The van der Waals surface area contributed by atoms with Crippen LogP contribution < -0.4 is 5.32 Å². The molecule has 118 valence electrons. The van der Waals surface area contributed by atoms with Crippen molar-refractivity contribution in [3.63, 3.8) is 0 Å². The smallest absolute Gasteiger partial charge is 0.235 e. The molecule has 0 saturated carbocycles. The molecule has 0 atom stereocenters. The number of nitriles is 1. The van der Waals surface area contributed by atoms with Gasteiger partial charge in [-0.15, -0.1) is 0 Å². The first-order valence-corrected chi connectivity index (χ1v) is 7.66. The molecule has 2 rings (SSSR count). The number of benzene rings is 1. The highest BCUT2D eigenvalue weighted by atomic mass is 16.2. The number of hydrogen-bond donors (Lipinski definition) is 1. The average molecular weight is 300 g/mol. The van der Waals surface area contributed by atoms with Crippen molar-refractivity contribution in [3.8, 4) is 6.07 Å². The molecule has 1 heterocycles. The molecular formula is C17H24N4O. The van der Waals surface area contributed by atoms with E-state index in [1.807, 2.05) is 12.1 Å². The van der Waals surface area contributed by atoms with Crippen LogP contribution in [0.15, 0.2) is 30.3 Å². The van der Waals surface area contributed by atoms with Crippen LogP contribution in [-0.2, 0) is 11.3 Å². The molecule has 0 unspecified atom stereocenters. The van der Waals surface area contributed by atoms with Crippen LogP contribution in [0.5, 0.6) is 0 Å². The largest absolute Gasteiger partial charge is 0.342 e. The molecule has 1 saturated heterocycles. The molecule has 1 fully saturated rings. The van der Waals surface area contributed by atoms with Gasteiger partial charge in [0.05, 0.1) is 12.6 Å². The fourth-order valence-corrected chi connectivity index (χ4v) is 2.92. The van der Waals surface area contributed by atoms with E-state index in [9.17, 15) is 4.79 Å². The second kappa shape index (κ2) is 7.39. The number of nitrogens with one attached hydrogen (secondary N) is 1. The van der Waals surface area contributed by atoms with Crippen LogP contribution in [0.2, 0.25) is 0 Å². The number of carbonyl (C=O) groups is 1. The first kappa shape index (κ1) is 16.5. The summed E-state index contributed by atoms with van der Waals surface area (Å²) in [5.41, 5.74) is 1.33. The summed E-state index contributed by atoms with van der Waals surface area (Å²) in [6.45, 7) is 8.47. The molecule has 0 radical (unpaired) electrons. The quantitative estimate of drug-likeness (QED) is 0.831. The molecule has 1 amide bonds. The maximum atomic E-state index is 11.7. The normalized spacial score (nSPS) is 18.6. The Bertz CT molecular complexity index is 535. The fourth-order valence-electron chi connectivity index (χ4n) is 2.92. The van der Waals surface area contributed by atoms with Gasteiger partial charge in [-0.1, -0.05) is 30.3 Å². The molecule has 0 spiro atoms. The number of amides is 1. The van der Waals surface area contributed by atoms with E-state index in [1.165, 1.54) is 5.56 Å². The minimum Gasteiger partial charge on any atom is -0.342 e. The number of nitrogens with zero attached hydrogens (tertiary/aromatic N) is 3. The Hall–Kier alpha value is -1.90. The van der Waals surface area contributed by atoms with Gasteiger partial charge in [0.1, 0.15) is 6.54 Å². The van der Waals surface area contributed by atoms with Gasteiger partial charge in [0, 0.05) is 31.7 Å². The lowest BCUT2D eigenvalue weighted by Gasteiger charge is -2.47. The van der Waals surface area contributed by atoms with E-state index in [1.54, 1.807) is 0 Å². The highest BCUT2D eigenvalue weighted by molar-refractivity contribution is 5.78. The summed E-state index contributed by atoms with van der Waals surface area (Å²) in [7, 11) is 0. The predicted molar refractivity (Wildman–Crippen MR) is 86.0 cm³/mol. The van der Waals surface area contributed by atoms with Crippen molar-refractivity contribution in [2.75, 3.05) is 32.7 Å². The van der Waals surface area contributed by atoms with E-state index in [0.717, 1.165) is 26.2 Å². The lowest BCUT2D eigenvalue weighted by atomic mass is 9.97. The molecule has 1 aliphatic rings. The zero-order valence-electron chi connectivity index (χ0n) is 13.4. The molecule has 1 N–H and O–H groups in total. The Labute approximate surface area is 132 Å². The first-order valence-electron chi connectivity index (χ1n) is 7.66. The predicted octanol–water partition coefficient (Wildman–Crippen LogP) is 1.22. The standard InChI is InChI=1S/C17H24N4O/c1-17(2)14-20(13-16(22)19-9-8-18)10-11-21(17)12-15-6-4-3-5-7-15/h3-7H,9-14H2,1-2H3,(H,19,22). The van der Waals surface area contributed by atoms with E-state index in [2.05, 4.69) is 53.2 Å². The van der Waals surface area contributed by atoms with Crippen molar-refractivity contribution >= 4 is 5.91 Å². The lowest BCUT2D eigenvalue weighted by Crippen LogP contribution is -2.59. The average Bonchev–Trinajstić information content (AvgIpc) is 2.48. The second-order valence-corrected chi connectivity index (χ2v) is 6.37.